The lowest BCUT2D eigenvalue weighted by Gasteiger charge is -2.33. The number of carbonyl (C=O) groups is 2. The zero-order valence-corrected chi connectivity index (χ0v) is 22.6. The van der Waals surface area contributed by atoms with Gasteiger partial charge in [-0.25, -0.2) is 8.42 Å². The van der Waals surface area contributed by atoms with E-state index in [0.717, 1.165) is 45.7 Å². The lowest BCUT2D eigenvalue weighted by molar-refractivity contribution is -0.140. The molecule has 0 aromatic heterocycles. The zero-order chi connectivity index (χ0) is 26.2. The molecule has 35 heavy (non-hydrogen) atoms. The molecule has 0 bridgehead atoms. The summed E-state index contributed by atoms with van der Waals surface area (Å²) in [5.74, 6) is -0.647. The summed E-state index contributed by atoms with van der Waals surface area (Å²) in [6.45, 7) is 10.1. The number of carbonyl (C=O) groups excluding carboxylic acids is 2. The number of amides is 2. The molecule has 0 saturated heterocycles. The molecule has 8 heteroatoms. The molecule has 2 aromatic rings. The van der Waals surface area contributed by atoms with Crippen LogP contribution in [-0.2, 0) is 26.2 Å². The second-order valence-electron chi connectivity index (χ2n) is 9.12. The van der Waals surface area contributed by atoms with Crippen molar-refractivity contribution >= 4 is 27.5 Å². The number of anilines is 1. The van der Waals surface area contributed by atoms with Crippen LogP contribution in [0.2, 0.25) is 0 Å². The van der Waals surface area contributed by atoms with E-state index in [9.17, 15) is 18.0 Å². The number of sulfonamides is 1. The summed E-state index contributed by atoms with van der Waals surface area (Å²) >= 11 is 0. The average Bonchev–Trinajstić information content (AvgIpc) is 2.78. The molecule has 0 aliphatic carbocycles. The Kier molecular flexibility index (Phi) is 10.3. The Morgan fingerprint density at radius 3 is 2.29 bits per heavy atom. The maximum Gasteiger partial charge on any atom is 0.244 e. The van der Waals surface area contributed by atoms with Crippen LogP contribution >= 0.6 is 0 Å². The third-order valence-corrected chi connectivity index (χ3v) is 7.25. The van der Waals surface area contributed by atoms with Crippen LogP contribution in [0.3, 0.4) is 0 Å². The normalized spacial score (nSPS) is 12.2. The van der Waals surface area contributed by atoms with Crippen LogP contribution in [0.15, 0.2) is 42.5 Å². The molecular formula is C27H39N3O4S. The number of rotatable bonds is 12. The van der Waals surface area contributed by atoms with E-state index in [1.54, 1.807) is 12.1 Å². The largest absolute Gasteiger partial charge is 0.354 e. The van der Waals surface area contributed by atoms with Gasteiger partial charge in [0, 0.05) is 13.1 Å². The van der Waals surface area contributed by atoms with E-state index >= 15 is 0 Å². The molecule has 1 atom stereocenters. The summed E-state index contributed by atoms with van der Waals surface area (Å²) in [7, 11) is -3.74. The van der Waals surface area contributed by atoms with Crippen molar-refractivity contribution in [2.75, 3.05) is 23.7 Å². The molecule has 1 unspecified atom stereocenters. The second-order valence-corrected chi connectivity index (χ2v) is 11.0. The van der Waals surface area contributed by atoms with Crippen molar-refractivity contribution in [1.29, 1.82) is 0 Å². The summed E-state index contributed by atoms with van der Waals surface area (Å²) in [5.41, 5.74) is 4.32. The van der Waals surface area contributed by atoms with E-state index in [1.165, 1.54) is 4.90 Å². The number of hydrogen-bond acceptors (Lipinski definition) is 4. The molecule has 0 aliphatic rings. The van der Waals surface area contributed by atoms with Gasteiger partial charge in [0.15, 0.2) is 0 Å². The third kappa shape index (κ3) is 8.09. The lowest BCUT2D eigenvalue weighted by Crippen LogP contribution is -2.52. The van der Waals surface area contributed by atoms with E-state index in [1.807, 2.05) is 65.0 Å². The fourth-order valence-electron chi connectivity index (χ4n) is 3.93. The molecule has 0 fully saturated rings. The van der Waals surface area contributed by atoms with Crippen LogP contribution in [0.25, 0.3) is 0 Å². The fraction of sp³-hybridized carbons (Fsp3) is 0.481. The molecule has 0 saturated carbocycles. The number of hydrogen-bond donors (Lipinski definition) is 1. The monoisotopic (exact) mass is 501 g/mol. The summed E-state index contributed by atoms with van der Waals surface area (Å²) < 4.78 is 26.5. The van der Waals surface area contributed by atoms with Gasteiger partial charge in [0.05, 0.1) is 11.9 Å². The molecular weight excluding hydrogens is 462 g/mol. The van der Waals surface area contributed by atoms with Gasteiger partial charge in [0.1, 0.15) is 12.6 Å². The van der Waals surface area contributed by atoms with Gasteiger partial charge in [-0.3, -0.25) is 13.9 Å². The molecule has 2 amide bonds. The highest BCUT2D eigenvalue weighted by atomic mass is 32.2. The topological polar surface area (TPSA) is 86.8 Å². The van der Waals surface area contributed by atoms with E-state index < -0.39 is 22.0 Å². The van der Waals surface area contributed by atoms with E-state index in [-0.39, 0.29) is 19.0 Å². The van der Waals surface area contributed by atoms with Crippen molar-refractivity contribution in [1.82, 2.24) is 10.2 Å². The highest BCUT2D eigenvalue weighted by molar-refractivity contribution is 7.92. The van der Waals surface area contributed by atoms with Crippen molar-refractivity contribution in [3.8, 4) is 0 Å². The molecule has 0 spiro atoms. The van der Waals surface area contributed by atoms with Gasteiger partial charge in [0.25, 0.3) is 0 Å². The van der Waals surface area contributed by atoms with Crippen molar-refractivity contribution < 1.29 is 18.0 Å². The molecule has 1 N–H and O–H groups in total. The van der Waals surface area contributed by atoms with E-state index in [4.69, 9.17) is 0 Å². The average molecular weight is 502 g/mol. The number of benzene rings is 2. The molecule has 7 nitrogen and oxygen atoms in total. The van der Waals surface area contributed by atoms with Gasteiger partial charge >= 0.3 is 0 Å². The molecule has 0 heterocycles. The van der Waals surface area contributed by atoms with Crippen LogP contribution in [0.1, 0.15) is 55.4 Å². The maximum atomic E-state index is 13.7. The minimum Gasteiger partial charge on any atom is -0.354 e. The number of nitrogens with one attached hydrogen (secondary N) is 1. The van der Waals surface area contributed by atoms with Crippen LogP contribution in [-0.4, -0.2) is 50.5 Å². The van der Waals surface area contributed by atoms with Gasteiger partial charge < -0.3 is 10.2 Å². The number of nitrogens with zero attached hydrogens (tertiary/aromatic N) is 2. The van der Waals surface area contributed by atoms with Gasteiger partial charge in [-0.2, -0.15) is 0 Å². The highest BCUT2D eigenvalue weighted by Gasteiger charge is 2.31. The Hall–Kier alpha value is -2.87. The van der Waals surface area contributed by atoms with Crippen LogP contribution in [0.5, 0.6) is 0 Å². The minimum absolute atomic E-state index is 0.213. The number of unbranched alkanes of at least 4 members (excludes halogenated alkanes) is 1. The molecule has 0 aliphatic heterocycles. The van der Waals surface area contributed by atoms with Crippen molar-refractivity contribution in [2.24, 2.45) is 0 Å². The quantitative estimate of drug-likeness (QED) is 0.444. The number of aryl methyl sites for hydroxylation is 3. The Bertz CT molecular complexity index is 1130. The predicted octanol–water partition coefficient (Wildman–Crippen LogP) is 4.10. The zero-order valence-electron chi connectivity index (χ0n) is 21.8. The Morgan fingerprint density at radius 2 is 1.71 bits per heavy atom. The summed E-state index contributed by atoms with van der Waals surface area (Å²) in [4.78, 5) is 28.2. The van der Waals surface area contributed by atoms with Gasteiger partial charge in [-0.1, -0.05) is 56.2 Å². The summed E-state index contributed by atoms with van der Waals surface area (Å²) in [6, 6.07) is 12.4. The fourth-order valence-corrected chi connectivity index (χ4v) is 4.77. The SMILES string of the molecule is CCCCNC(=O)C(CC)N(Cc1cccc(C)c1)C(=O)CN(c1ccc(C)c(C)c1)S(C)(=O)=O. The first-order valence-electron chi connectivity index (χ1n) is 12.2. The minimum atomic E-state index is -3.74. The van der Waals surface area contributed by atoms with Crippen LogP contribution in [0.4, 0.5) is 5.69 Å². The Morgan fingerprint density at radius 1 is 1.00 bits per heavy atom. The third-order valence-electron chi connectivity index (χ3n) is 6.11. The standard InChI is InChI=1S/C27H39N3O4S/c1-7-9-15-28-27(32)25(8-2)29(18-23-12-10-11-20(3)16-23)26(31)19-30(35(6,33)34)24-14-13-21(4)22(5)17-24/h10-14,16-17,25H,7-9,15,18-19H2,1-6H3,(H,28,32). The Balaban J connectivity index is 2.42. The highest BCUT2D eigenvalue weighted by Crippen LogP contribution is 2.22. The summed E-state index contributed by atoms with van der Waals surface area (Å²) in [5, 5.41) is 2.93. The first-order valence-corrected chi connectivity index (χ1v) is 14.0. The molecule has 2 aromatic carbocycles. The first-order chi connectivity index (χ1) is 16.5. The molecule has 192 valence electrons. The van der Waals surface area contributed by atoms with E-state index in [0.29, 0.717) is 18.7 Å². The van der Waals surface area contributed by atoms with Crippen molar-refractivity contribution in [2.45, 2.75) is 66.5 Å². The van der Waals surface area contributed by atoms with Crippen molar-refractivity contribution in [3.05, 3.63) is 64.7 Å². The van der Waals surface area contributed by atoms with Crippen LogP contribution < -0.4 is 9.62 Å². The van der Waals surface area contributed by atoms with Crippen LogP contribution in [0, 0.1) is 20.8 Å². The predicted molar refractivity (Wildman–Crippen MR) is 142 cm³/mol. The maximum absolute atomic E-state index is 13.7. The summed E-state index contributed by atoms with van der Waals surface area (Å²) in [6.07, 6.45) is 3.30. The van der Waals surface area contributed by atoms with Gasteiger partial charge in [0.2, 0.25) is 21.8 Å². The smallest absolute Gasteiger partial charge is 0.244 e. The molecule has 2 rings (SSSR count). The molecule has 0 radical (unpaired) electrons. The second kappa shape index (κ2) is 12.7. The Labute approximate surface area is 210 Å². The van der Waals surface area contributed by atoms with E-state index in [2.05, 4.69) is 5.32 Å². The van der Waals surface area contributed by atoms with Gasteiger partial charge in [-0.15, -0.1) is 0 Å². The lowest BCUT2D eigenvalue weighted by atomic mass is 10.1. The van der Waals surface area contributed by atoms with Gasteiger partial charge in [-0.05, 0) is 62.4 Å². The first kappa shape index (κ1) is 28.4. The van der Waals surface area contributed by atoms with Crippen molar-refractivity contribution in [3.63, 3.8) is 0 Å².